The van der Waals surface area contributed by atoms with E-state index >= 15 is 0 Å². The normalized spacial score (nSPS) is 29.5. The van der Waals surface area contributed by atoms with Crippen molar-refractivity contribution in [3.05, 3.63) is 0 Å². The first-order chi connectivity index (χ1) is 6.18. The summed E-state index contributed by atoms with van der Waals surface area (Å²) in [5.41, 5.74) is 0. The van der Waals surface area contributed by atoms with Crippen LogP contribution in [-0.2, 0) is 0 Å². The number of nitrogens with one attached hydrogen (secondary N) is 1. The molecule has 1 rings (SSSR count). The highest BCUT2D eigenvalue weighted by atomic mass is 16.3. The van der Waals surface area contributed by atoms with Crippen LogP contribution in [0.25, 0.3) is 0 Å². The molecule has 13 heavy (non-hydrogen) atoms. The molecular weight excluding hydrogens is 164 g/mol. The van der Waals surface area contributed by atoms with Crippen molar-refractivity contribution in [3.63, 3.8) is 0 Å². The topological polar surface area (TPSA) is 35.5 Å². The molecule has 0 saturated heterocycles. The highest BCUT2D eigenvalue weighted by Gasteiger charge is 2.18. The number of likely N-dealkylation sites (N-methyl/N-ethyl adjacent to an activating group) is 1. The largest absolute Gasteiger partial charge is 0.393 e. The summed E-state index contributed by atoms with van der Waals surface area (Å²) in [4.78, 5) is 2.19. The Hall–Kier alpha value is -0.120. The lowest BCUT2D eigenvalue weighted by molar-refractivity contribution is 0.116. The standard InChI is InChI=1S/C10H22N2O/c1-12(2)8-7-11-9-3-5-10(13)6-4-9/h9-11,13H,3-8H2,1-2H3. The van der Waals surface area contributed by atoms with E-state index in [9.17, 15) is 5.11 Å². The molecule has 0 aliphatic heterocycles. The van der Waals surface area contributed by atoms with Crippen molar-refractivity contribution in [1.82, 2.24) is 10.2 Å². The molecule has 0 aromatic carbocycles. The molecule has 1 fully saturated rings. The van der Waals surface area contributed by atoms with Crippen molar-refractivity contribution >= 4 is 0 Å². The first-order valence-corrected chi connectivity index (χ1v) is 5.24. The summed E-state index contributed by atoms with van der Waals surface area (Å²) in [6, 6.07) is 0.642. The SMILES string of the molecule is CN(C)CCNC1CCC(O)CC1. The number of nitrogens with zero attached hydrogens (tertiary/aromatic N) is 1. The fourth-order valence-electron chi connectivity index (χ4n) is 1.77. The van der Waals surface area contributed by atoms with Gasteiger partial charge >= 0.3 is 0 Å². The third-order valence-corrected chi connectivity index (χ3v) is 2.69. The highest BCUT2D eigenvalue weighted by Crippen LogP contribution is 2.17. The molecule has 1 aliphatic rings. The van der Waals surface area contributed by atoms with E-state index in [0.29, 0.717) is 6.04 Å². The van der Waals surface area contributed by atoms with Crippen LogP contribution in [0, 0.1) is 0 Å². The minimum absolute atomic E-state index is 0.0353. The fourth-order valence-corrected chi connectivity index (χ4v) is 1.77. The molecule has 0 spiro atoms. The molecule has 1 saturated carbocycles. The molecule has 0 amide bonds. The first kappa shape index (κ1) is 11.0. The van der Waals surface area contributed by atoms with E-state index < -0.39 is 0 Å². The van der Waals surface area contributed by atoms with Gasteiger partial charge in [-0.1, -0.05) is 0 Å². The number of aliphatic hydroxyl groups is 1. The van der Waals surface area contributed by atoms with Gasteiger partial charge in [0.25, 0.3) is 0 Å². The van der Waals surface area contributed by atoms with Crippen LogP contribution in [0.1, 0.15) is 25.7 Å². The summed E-state index contributed by atoms with van der Waals surface area (Å²) >= 11 is 0. The molecule has 78 valence electrons. The lowest BCUT2D eigenvalue weighted by atomic mass is 9.93. The molecule has 3 nitrogen and oxygen atoms in total. The monoisotopic (exact) mass is 186 g/mol. The van der Waals surface area contributed by atoms with Crippen LogP contribution in [-0.4, -0.2) is 49.3 Å². The smallest absolute Gasteiger partial charge is 0.0541 e. The third-order valence-electron chi connectivity index (χ3n) is 2.69. The highest BCUT2D eigenvalue weighted by molar-refractivity contribution is 4.76. The second kappa shape index (κ2) is 5.58. The van der Waals surface area contributed by atoms with Gasteiger partial charge in [0.15, 0.2) is 0 Å². The van der Waals surface area contributed by atoms with E-state index in [4.69, 9.17) is 0 Å². The molecule has 0 aromatic heterocycles. The van der Waals surface area contributed by atoms with E-state index in [1.54, 1.807) is 0 Å². The van der Waals surface area contributed by atoms with Crippen molar-refractivity contribution in [1.29, 1.82) is 0 Å². The van der Waals surface area contributed by atoms with E-state index in [-0.39, 0.29) is 6.10 Å². The maximum atomic E-state index is 9.30. The van der Waals surface area contributed by atoms with Crippen molar-refractivity contribution in [2.75, 3.05) is 27.2 Å². The maximum absolute atomic E-state index is 9.30. The number of aliphatic hydroxyl groups excluding tert-OH is 1. The molecule has 0 aromatic rings. The van der Waals surface area contributed by atoms with Crippen molar-refractivity contribution in [2.45, 2.75) is 37.8 Å². The van der Waals surface area contributed by atoms with E-state index in [1.165, 1.54) is 0 Å². The van der Waals surface area contributed by atoms with Crippen LogP contribution in [0.15, 0.2) is 0 Å². The minimum atomic E-state index is -0.0353. The summed E-state index contributed by atoms with van der Waals surface area (Å²) < 4.78 is 0. The third kappa shape index (κ3) is 4.60. The van der Waals surface area contributed by atoms with E-state index in [0.717, 1.165) is 38.8 Å². The molecule has 0 heterocycles. The summed E-state index contributed by atoms with van der Waals surface area (Å²) in [5, 5.41) is 12.8. The average molecular weight is 186 g/mol. The molecule has 3 heteroatoms. The van der Waals surface area contributed by atoms with Crippen LogP contribution in [0.5, 0.6) is 0 Å². The fraction of sp³-hybridized carbons (Fsp3) is 1.00. The van der Waals surface area contributed by atoms with Gasteiger partial charge in [0.2, 0.25) is 0 Å². The van der Waals surface area contributed by atoms with Crippen LogP contribution in [0.3, 0.4) is 0 Å². The van der Waals surface area contributed by atoms with Crippen molar-refractivity contribution in [3.8, 4) is 0 Å². The average Bonchev–Trinajstić information content (AvgIpc) is 2.08. The predicted octanol–water partition coefficient (Wildman–Crippen LogP) is 0.441. The van der Waals surface area contributed by atoms with Crippen LogP contribution in [0.2, 0.25) is 0 Å². The Kier molecular flexibility index (Phi) is 4.70. The molecule has 0 unspecified atom stereocenters. The Labute approximate surface area is 81.1 Å². The lowest BCUT2D eigenvalue weighted by Crippen LogP contribution is -2.38. The Morgan fingerprint density at radius 1 is 1.23 bits per heavy atom. The van der Waals surface area contributed by atoms with Crippen molar-refractivity contribution in [2.24, 2.45) is 0 Å². The minimum Gasteiger partial charge on any atom is -0.393 e. The Morgan fingerprint density at radius 3 is 2.38 bits per heavy atom. The summed E-state index contributed by atoms with van der Waals surface area (Å²) in [7, 11) is 4.18. The van der Waals surface area contributed by atoms with E-state index in [1.807, 2.05) is 0 Å². The summed E-state index contributed by atoms with van der Waals surface area (Å²) in [6.07, 6.45) is 4.18. The van der Waals surface area contributed by atoms with E-state index in [2.05, 4.69) is 24.3 Å². The molecule has 2 N–H and O–H groups in total. The molecule has 1 aliphatic carbocycles. The van der Waals surface area contributed by atoms with Gasteiger partial charge in [0.05, 0.1) is 6.10 Å². The first-order valence-electron chi connectivity index (χ1n) is 5.24. The molecule has 0 bridgehead atoms. The summed E-state index contributed by atoms with van der Waals surface area (Å²) in [6.45, 7) is 2.16. The Balaban J connectivity index is 2.02. The zero-order chi connectivity index (χ0) is 9.68. The zero-order valence-corrected chi connectivity index (χ0v) is 8.79. The second-order valence-electron chi connectivity index (χ2n) is 4.26. The van der Waals surface area contributed by atoms with Gasteiger partial charge in [-0.3, -0.25) is 0 Å². The second-order valence-corrected chi connectivity index (χ2v) is 4.26. The quantitative estimate of drug-likeness (QED) is 0.669. The van der Waals surface area contributed by atoms with Gasteiger partial charge in [0.1, 0.15) is 0 Å². The molecule has 0 radical (unpaired) electrons. The number of hydrogen-bond acceptors (Lipinski definition) is 3. The molecular formula is C10H22N2O. The lowest BCUT2D eigenvalue weighted by Gasteiger charge is -2.26. The van der Waals surface area contributed by atoms with Gasteiger partial charge in [-0.05, 0) is 39.8 Å². The van der Waals surface area contributed by atoms with Gasteiger partial charge in [-0.15, -0.1) is 0 Å². The predicted molar refractivity (Wildman–Crippen MR) is 54.8 cm³/mol. The van der Waals surface area contributed by atoms with Gasteiger partial charge in [0, 0.05) is 19.1 Å². The van der Waals surface area contributed by atoms with Gasteiger partial charge in [-0.2, -0.15) is 0 Å². The number of rotatable bonds is 4. The summed E-state index contributed by atoms with van der Waals surface area (Å²) in [5.74, 6) is 0. The number of hydrogen-bond donors (Lipinski definition) is 2. The zero-order valence-electron chi connectivity index (χ0n) is 8.79. The molecule has 0 atom stereocenters. The van der Waals surface area contributed by atoms with Crippen molar-refractivity contribution < 1.29 is 5.11 Å². The Bertz CT molecular complexity index is 131. The van der Waals surface area contributed by atoms with Gasteiger partial charge < -0.3 is 15.3 Å². The Morgan fingerprint density at radius 2 is 1.85 bits per heavy atom. The van der Waals surface area contributed by atoms with Crippen LogP contribution >= 0.6 is 0 Å². The van der Waals surface area contributed by atoms with Crippen LogP contribution < -0.4 is 5.32 Å². The maximum Gasteiger partial charge on any atom is 0.0541 e. The van der Waals surface area contributed by atoms with Gasteiger partial charge in [-0.25, -0.2) is 0 Å². The van der Waals surface area contributed by atoms with Crippen LogP contribution in [0.4, 0.5) is 0 Å².